The summed E-state index contributed by atoms with van der Waals surface area (Å²) in [5.74, 6) is 0.0533. The summed E-state index contributed by atoms with van der Waals surface area (Å²) >= 11 is 0. The Balaban J connectivity index is 1.14. The average Bonchev–Trinajstić information content (AvgIpc) is 3.64. The van der Waals surface area contributed by atoms with E-state index in [9.17, 15) is 27.6 Å². The molecule has 2 aliphatic heterocycles. The molecule has 2 aromatic carbocycles. The molecule has 3 aromatic rings. The summed E-state index contributed by atoms with van der Waals surface area (Å²) in [6.45, 7) is 16.5. The Morgan fingerprint density at radius 3 is 2.39 bits per heavy atom. The Morgan fingerprint density at radius 2 is 1.75 bits per heavy atom. The van der Waals surface area contributed by atoms with Crippen molar-refractivity contribution in [1.29, 1.82) is 0 Å². The van der Waals surface area contributed by atoms with E-state index < -0.39 is 59.5 Å². The van der Waals surface area contributed by atoms with E-state index in [2.05, 4.69) is 67.8 Å². The molecule has 11 nitrogen and oxygen atoms in total. The van der Waals surface area contributed by atoms with Crippen LogP contribution in [0.1, 0.15) is 110 Å². The number of hydrogen-bond acceptors (Lipinski definition) is 7. The number of benzene rings is 2. The van der Waals surface area contributed by atoms with Crippen LogP contribution in [0.4, 0.5) is 29.3 Å². The van der Waals surface area contributed by atoms with E-state index in [-0.39, 0.29) is 41.4 Å². The second-order valence-electron chi connectivity index (χ2n) is 18.1. The van der Waals surface area contributed by atoms with Crippen molar-refractivity contribution in [1.82, 2.24) is 20.2 Å². The Hall–Kier alpha value is -4.37. The summed E-state index contributed by atoms with van der Waals surface area (Å²) < 4.78 is 54.6. The van der Waals surface area contributed by atoms with Gasteiger partial charge < -0.3 is 30.6 Å². The molecule has 300 valence electrons. The maximum absolute atomic E-state index is 14.4. The number of carbonyl (C=O) groups is 2. The smallest absolute Gasteiger partial charge is 0.404 e. The predicted molar refractivity (Wildman–Crippen MR) is 208 cm³/mol. The van der Waals surface area contributed by atoms with E-state index >= 15 is 0 Å². The predicted octanol–water partition coefficient (Wildman–Crippen LogP) is 7.32. The van der Waals surface area contributed by atoms with Crippen molar-refractivity contribution in [3.05, 3.63) is 87.6 Å². The molecule has 1 aromatic heterocycles. The fourth-order valence-electron chi connectivity index (χ4n) is 9.25. The highest BCUT2D eigenvalue weighted by atomic mass is 19.4. The minimum absolute atomic E-state index is 0.00433. The minimum Gasteiger partial charge on any atom is -0.404 e. The summed E-state index contributed by atoms with van der Waals surface area (Å²) in [4.78, 5) is 46.7. The van der Waals surface area contributed by atoms with Gasteiger partial charge in [-0.25, -0.2) is 9.78 Å². The molecule has 3 amide bonds. The number of urea groups is 1. The van der Waals surface area contributed by atoms with Gasteiger partial charge in [0.1, 0.15) is 17.6 Å². The van der Waals surface area contributed by atoms with E-state index in [1.807, 2.05) is 31.2 Å². The lowest BCUT2D eigenvalue weighted by Crippen LogP contribution is -2.63. The molecule has 0 spiro atoms. The molecule has 3 aliphatic carbocycles. The van der Waals surface area contributed by atoms with Crippen LogP contribution in [0.25, 0.3) is 0 Å². The molecule has 2 unspecified atom stereocenters. The zero-order valence-electron chi connectivity index (χ0n) is 33.3. The van der Waals surface area contributed by atoms with Gasteiger partial charge in [0, 0.05) is 18.7 Å². The van der Waals surface area contributed by atoms with Gasteiger partial charge in [-0.1, -0.05) is 65.8 Å². The van der Waals surface area contributed by atoms with Crippen molar-refractivity contribution in [3.63, 3.8) is 0 Å². The normalized spacial score (nSPS) is 28.1. The number of hydrogen-bond donors (Lipinski definition) is 4. The van der Waals surface area contributed by atoms with Crippen LogP contribution < -0.4 is 26.8 Å². The molecule has 7 atom stereocenters. The molecule has 0 radical (unpaired) electrons. The molecule has 15 heteroatoms. The zero-order valence-corrected chi connectivity index (χ0v) is 33.3. The Morgan fingerprint density at radius 1 is 1.04 bits per heavy atom. The van der Waals surface area contributed by atoms with Gasteiger partial charge in [-0.2, -0.15) is 13.2 Å². The standard InChI is InChI=1S/C41H52BF3N6O5/c1-9-31(42-55-32-28-18-26(38(28,5)6)19-40(32,8)56-42)49-33(52)30-20-39(7,50-36(54)48-27-15-13-24(14-16-27)37(2,3)4)35-47-22-29(34(53)51(30)35)46-21-23-11-10-12-25(17-23)41(43,44)45/h10-17,22,26,28,30-32,46H,9,18-21H2,1-8H3,(H,49,52)(H2,48,50,54)/t26?,28?,30-,31-,32+,39+,40-/m0/s1. The molecule has 4 N–H and O–H groups in total. The van der Waals surface area contributed by atoms with E-state index in [1.54, 1.807) is 6.92 Å². The number of aromatic nitrogens is 2. The molecule has 3 heterocycles. The number of carbonyl (C=O) groups excluding carboxylic acids is 2. The third-order valence-corrected chi connectivity index (χ3v) is 12.8. The van der Waals surface area contributed by atoms with Crippen LogP contribution in [0.15, 0.2) is 59.5 Å². The highest BCUT2D eigenvalue weighted by Gasteiger charge is 2.67. The first kappa shape index (κ1) is 39.9. The van der Waals surface area contributed by atoms with Gasteiger partial charge >= 0.3 is 19.3 Å². The summed E-state index contributed by atoms with van der Waals surface area (Å²) in [5, 5.41) is 11.9. The minimum atomic E-state index is -4.53. The van der Waals surface area contributed by atoms with Crippen LogP contribution in [0, 0.1) is 17.3 Å². The zero-order chi connectivity index (χ0) is 40.6. The van der Waals surface area contributed by atoms with Gasteiger partial charge in [0.05, 0.1) is 34.9 Å². The summed E-state index contributed by atoms with van der Waals surface area (Å²) in [6, 6.07) is 10.7. The lowest BCUT2D eigenvalue weighted by atomic mass is 9.45. The molecule has 4 fully saturated rings. The van der Waals surface area contributed by atoms with Crippen LogP contribution in [0.2, 0.25) is 0 Å². The lowest BCUT2D eigenvalue weighted by Gasteiger charge is -2.63. The topological polar surface area (TPSA) is 136 Å². The Bertz CT molecular complexity index is 2070. The quantitative estimate of drug-likeness (QED) is 0.167. The van der Waals surface area contributed by atoms with Crippen molar-refractivity contribution in [3.8, 4) is 0 Å². The van der Waals surface area contributed by atoms with Crippen LogP contribution in [0.5, 0.6) is 0 Å². The fourth-order valence-corrected chi connectivity index (χ4v) is 9.25. The molecule has 56 heavy (non-hydrogen) atoms. The molecular weight excluding hydrogens is 724 g/mol. The first-order valence-electron chi connectivity index (χ1n) is 19.5. The molecule has 2 bridgehead atoms. The van der Waals surface area contributed by atoms with Crippen LogP contribution in [-0.2, 0) is 37.8 Å². The number of anilines is 2. The van der Waals surface area contributed by atoms with E-state index in [0.29, 0.717) is 29.5 Å². The first-order valence-corrected chi connectivity index (χ1v) is 19.5. The number of nitrogens with one attached hydrogen (secondary N) is 4. The third kappa shape index (κ3) is 7.21. The van der Waals surface area contributed by atoms with Crippen LogP contribution in [-0.4, -0.2) is 46.3 Å². The highest BCUT2D eigenvalue weighted by molar-refractivity contribution is 6.47. The van der Waals surface area contributed by atoms with Crippen molar-refractivity contribution < 1.29 is 32.1 Å². The van der Waals surface area contributed by atoms with E-state index in [0.717, 1.165) is 30.5 Å². The van der Waals surface area contributed by atoms with Crippen molar-refractivity contribution >= 4 is 30.4 Å². The van der Waals surface area contributed by atoms with Crippen molar-refractivity contribution in [2.24, 2.45) is 17.3 Å². The molecular formula is C41H52BF3N6O5. The monoisotopic (exact) mass is 776 g/mol. The third-order valence-electron chi connectivity index (χ3n) is 12.8. The SMILES string of the molecule is CC[C@H](NC(=O)[C@@H]1C[C@@](C)(NC(=O)Nc2ccc(C(C)(C)C)cc2)c2ncc(NCc3cccc(C(F)(F)F)c3)c(=O)n21)B1O[C@@H]2C3CC(C[C@]2(C)O1)C3(C)C. The maximum atomic E-state index is 14.4. The van der Waals surface area contributed by atoms with E-state index in [4.69, 9.17) is 9.31 Å². The van der Waals surface area contributed by atoms with Gasteiger partial charge in [0.25, 0.3) is 5.56 Å². The van der Waals surface area contributed by atoms with Gasteiger partial charge in [0.2, 0.25) is 5.91 Å². The van der Waals surface area contributed by atoms with E-state index in [1.165, 1.54) is 22.9 Å². The number of nitrogens with zero attached hydrogens (tertiary/aromatic N) is 2. The largest absolute Gasteiger partial charge is 0.481 e. The number of alkyl halides is 3. The second-order valence-corrected chi connectivity index (χ2v) is 18.1. The second kappa shape index (κ2) is 13.9. The fraction of sp³-hybridized carbons (Fsp3) is 0.561. The molecule has 3 saturated carbocycles. The van der Waals surface area contributed by atoms with Crippen molar-refractivity contribution in [2.75, 3.05) is 10.6 Å². The maximum Gasteiger partial charge on any atom is 0.481 e. The number of rotatable bonds is 9. The van der Waals surface area contributed by atoms with Gasteiger partial charge in [-0.05, 0) is 91.2 Å². The Labute approximate surface area is 326 Å². The molecule has 8 rings (SSSR count). The first-order chi connectivity index (χ1) is 26.1. The summed E-state index contributed by atoms with van der Waals surface area (Å²) in [6.07, 6.45) is -0.880. The van der Waals surface area contributed by atoms with Crippen LogP contribution >= 0.6 is 0 Å². The van der Waals surface area contributed by atoms with Crippen molar-refractivity contribution in [2.45, 2.75) is 128 Å². The van der Waals surface area contributed by atoms with Crippen LogP contribution in [0.3, 0.4) is 0 Å². The molecule has 1 saturated heterocycles. The summed E-state index contributed by atoms with van der Waals surface area (Å²) in [7, 11) is -0.690. The van der Waals surface area contributed by atoms with Gasteiger partial charge in [0.15, 0.2) is 0 Å². The Kier molecular flexibility index (Phi) is 9.91. The van der Waals surface area contributed by atoms with Gasteiger partial charge in [-0.3, -0.25) is 14.2 Å². The highest BCUT2D eigenvalue weighted by Crippen LogP contribution is 2.64. The number of amides is 3. The average molecular weight is 777 g/mol. The number of fused-ring (bicyclic) bond motifs is 1. The van der Waals surface area contributed by atoms with Gasteiger partial charge in [-0.15, -0.1) is 0 Å². The lowest BCUT2D eigenvalue weighted by molar-refractivity contribution is -0.185. The number of halogens is 3. The molecule has 5 aliphatic rings. The summed E-state index contributed by atoms with van der Waals surface area (Å²) in [5.41, 5.74) is -1.11.